The number of carbonyl (C=O) groups excluding carboxylic acids is 2. The molecule has 7 atom stereocenters. The Morgan fingerprint density at radius 2 is 1.10 bits per heavy atom. The number of carbonyl (C=O) groups is 2. The average molecular weight is 937 g/mol. The van der Waals surface area contributed by atoms with Gasteiger partial charge < -0.3 is 9.84 Å². The van der Waals surface area contributed by atoms with Crippen LogP contribution in [0, 0.1) is 34.5 Å². The van der Waals surface area contributed by atoms with Gasteiger partial charge in [-0.05, 0) is 113 Å². The van der Waals surface area contributed by atoms with Crippen molar-refractivity contribution in [1.82, 2.24) is 4.90 Å². The highest BCUT2D eigenvalue weighted by molar-refractivity contribution is 5.79. The van der Waals surface area contributed by atoms with Gasteiger partial charge in [0.2, 0.25) is 0 Å². The van der Waals surface area contributed by atoms with Crippen LogP contribution in [0.5, 0.6) is 0 Å². The molecule has 5 nitrogen and oxygen atoms in total. The highest BCUT2D eigenvalue weighted by atomic mass is 16.5. The Morgan fingerprint density at radius 3 is 1.61 bits per heavy atom. The second-order valence-corrected chi connectivity index (χ2v) is 23.9. The molecule has 7 unspecified atom stereocenters. The van der Waals surface area contributed by atoms with Gasteiger partial charge >= 0.3 is 5.97 Å². The van der Waals surface area contributed by atoms with Crippen LogP contribution in [-0.4, -0.2) is 53.6 Å². The van der Waals surface area contributed by atoms with E-state index in [1.54, 1.807) is 5.57 Å². The number of allylic oxidation sites excluding steroid dienone is 1. The van der Waals surface area contributed by atoms with Gasteiger partial charge in [-0.3, -0.25) is 14.5 Å². The van der Waals surface area contributed by atoms with Crippen LogP contribution in [-0.2, 0) is 14.3 Å². The maximum absolute atomic E-state index is 13.1. The van der Waals surface area contributed by atoms with E-state index in [9.17, 15) is 14.7 Å². The molecule has 3 fully saturated rings. The van der Waals surface area contributed by atoms with Crippen LogP contribution in [0.1, 0.15) is 304 Å². The number of ether oxygens (including phenoxy) is 1. The van der Waals surface area contributed by atoms with Crippen LogP contribution in [0.25, 0.3) is 0 Å². The molecular weight excluding hydrogens is 823 g/mol. The molecule has 390 valence electrons. The molecule has 4 aliphatic carbocycles. The fraction of sp³-hybridized carbons (Fsp3) is 0.935. The topological polar surface area (TPSA) is 66.8 Å². The highest BCUT2D eigenvalue weighted by Crippen LogP contribution is 2.66. The summed E-state index contributed by atoms with van der Waals surface area (Å²) in [7, 11) is 0. The predicted octanol–water partition coefficient (Wildman–Crippen LogP) is 18.0. The second kappa shape index (κ2) is 34.2. The van der Waals surface area contributed by atoms with Gasteiger partial charge in [0.25, 0.3) is 0 Å². The molecule has 0 aliphatic heterocycles. The first-order chi connectivity index (χ1) is 32.7. The van der Waals surface area contributed by atoms with Gasteiger partial charge in [0.05, 0.1) is 6.61 Å². The van der Waals surface area contributed by atoms with E-state index in [0.29, 0.717) is 36.0 Å². The fourth-order valence-electron chi connectivity index (χ4n) is 14.7. The zero-order valence-electron chi connectivity index (χ0n) is 45.5. The smallest absolute Gasteiger partial charge is 0.306 e. The molecule has 0 radical (unpaired) electrons. The first-order valence-corrected chi connectivity index (χ1v) is 30.4. The Hall–Kier alpha value is -1.20. The van der Waals surface area contributed by atoms with Gasteiger partial charge in [-0.15, -0.1) is 0 Å². The van der Waals surface area contributed by atoms with Crippen LogP contribution < -0.4 is 0 Å². The van der Waals surface area contributed by atoms with Crippen molar-refractivity contribution in [3.05, 3.63) is 11.6 Å². The third kappa shape index (κ3) is 20.4. The summed E-state index contributed by atoms with van der Waals surface area (Å²) >= 11 is 0. The monoisotopic (exact) mass is 936 g/mol. The molecule has 0 spiro atoms. The molecule has 5 heteroatoms. The summed E-state index contributed by atoms with van der Waals surface area (Å²) in [5.74, 6) is 2.79. The molecule has 67 heavy (non-hydrogen) atoms. The Balaban J connectivity index is 1.10. The van der Waals surface area contributed by atoms with Gasteiger partial charge in [-0.25, -0.2) is 0 Å². The minimum absolute atomic E-state index is 0.0100. The van der Waals surface area contributed by atoms with E-state index in [1.807, 2.05) is 6.92 Å². The van der Waals surface area contributed by atoms with Crippen LogP contribution in [0.4, 0.5) is 0 Å². The number of ketones is 1. The third-order valence-corrected chi connectivity index (χ3v) is 18.9. The molecule has 3 saturated carbocycles. The number of aliphatic hydroxyl groups is 1. The van der Waals surface area contributed by atoms with Crippen molar-refractivity contribution < 1.29 is 19.4 Å². The van der Waals surface area contributed by atoms with E-state index in [0.717, 1.165) is 58.0 Å². The Bertz CT molecular complexity index is 1300. The summed E-state index contributed by atoms with van der Waals surface area (Å²) in [5.41, 5.74) is 1.99. The second-order valence-electron chi connectivity index (χ2n) is 23.9. The lowest BCUT2D eigenvalue weighted by Crippen LogP contribution is -2.51. The highest BCUT2D eigenvalue weighted by Gasteiger charge is 2.59. The molecular formula is C62H113NO4. The number of hydrogen-bond acceptors (Lipinski definition) is 5. The Morgan fingerprint density at radius 1 is 0.612 bits per heavy atom. The van der Waals surface area contributed by atoms with Gasteiger partial charge in [-0.1, -0.05) is 226 Å². The van der Waals surface area contributed by atoms with Gasteiger partial charge in [-0.2, -0.15) is 0 Å². The van der Waals surface area contributed by atoms with Crippen molar-refractivity contribution >= 4 is 11.8 Å². The van der Waals surface area contributed by atoms with Crippen LogP contribution in [0.15, 0.2) is 11.6 Å². The SMILES string of the molecule is CCCCCCCCCCCCCCCC(CCCCCCCCCCCCCCC)N(CCO)CCCCCCCC(=O)OC1CCC2(C)C(=CCC3C2CCC2(C)C(C(C)=O)CCC32)C1. The van der Waals surface area contributed by atoms with Crippen molar-refractivity contribution in [1.29, 1.82) is 0 Å². The number of aliphatic hydroxyl groups excluding tert-OH is 1. The number of Topliss-reactive ketones (excluding diaryl/α,β-unsaturated/α-hetero) is 1. The number of unbranched alkanes of at least 4 members (excludes halogenated alkanes) is 28. The molecule has 4 aliphatic rings. The quantitative estimate of drug-likeness (QED) is 0.0376. The van der Waals surface area contributed by atoms with E-state index in [-0.39, 0.29) is 35.4 Å². The van der Waals surface area contributed by atoms with Crippen LogP contribution in [0.3, 0.4) is 0 Å². The Kier molecular flexibility index (Phi) is 29.8. The van der Waals surface area contributed by atoms with Crippen molar-refractivity contribution in [2.45, 2.75) is 316 Å². The van der Waals surface area contributed by atoms with Gasteiger partial charge in [0, 0.05) is 31.3 Å². The summed E-state index contributed by atoms with van der Waals surface area (Å²) in [6.45, 7) is 13.6. The van der Waals surface area contributed by atoms with E-state index in [1.165, 1.54) is 218 Å². The molecule has 4 rings (SSSR count). The fourth-order valence-corrected chi connectivity index (χ4v) is 14.7. The normalized spacial score (nSPS) is 25.9. The van der Waals surface area contributed by atoms with E-state index < -0.39 is 0 Å². The lowest BCUT2D eigenvalue weighted by Gasteiger charge is -2.58. The summed E-state index contributed by atoms with van der Waals surface area (Å²) < 4.78 is 6.19. The molecule has 0 amide bonds. The van der Waals surface area contributed by atoms with E-state index >= 15 is 0 Å². The van der Waals surface area contributed by atoms with Gasteiger partial charge in [0.1, 0.15) is 11.9 Å². The van der Waals surface area contributed by atoms with Crippen molar-refractivity contribution in [3.63, 3.8) is 0 Å². The minimum Gasteiger partial charge on any atom is -0.462 e. The maximum atomic E-state index is 13.1. The van der Waals surface area contributed by atoms with Crippen molar-refractivity contribution in [3.8, 4) is 0 Å². The summed E-state index contributed by atoms with van der Waals surface area (Å²) in [6, 6.07) is 0.608. The zero-order valence-corrected chi connectivity index (χ0v) is 45.5. The molecule has 0 bridgehead atoms. The summed E-state index contributed by atoms with van der Waals surface area (Å²) in [6.07, 6.45) is 56.8. The average Bonchev–Trinajstić information content (AvgIpc) is 3.68. The summed E-state index contributed by atoms with van der Waals surface area (Å²) in [5, 5.41) is 10.2. The maximum Gasteiger partial charge on any atom is 0.306 e. The number of hydrogen-bond donors (Lipinski definition) is 1. The third-order valence-electron chi connectivity index (χ3n) is 18.9. The molecule has 0 aromatic carbocycles. The largest absolute Gasteiger partial charge is 0.462 e. The number of fused-ring (bicyclic) bond motifs is 5. The predicted molar refractivity (Wildman–Crippen MR) is 287 cm³/mol. The number of nitrogens with zero attached hydrogens (tertiary/aromatic N) is 1. The Labute approximate surface area is 416 Å². The lowest BCUT2D eigenvalue weighted by atomic mass is 9.47. The standard InChI is InChI=1S/C62H113NO4/c1-6-8-10-12-14-16-18-20-22-24-26-29-33-37-54(38-34-30-27-25-23-21-19-17-15-13-11-9-7-2)63(49-50-64)48-36-32-28-31-35-39-60(66)67-55-44-46-61(4)53(51-55)40-41-56-58-43-42-57(52(3)65)62(58,5)47-45-59(56)61/h40,54-59,64H,6-39,41-51H2,1-5H3. The first kappa shape index (κ1) is 58.4. The molecule has 0 aromatic heterocycles. The number of esters is 1. The van der Waals surface area contributed by atoms with Crippen LogP contribution >= 0.6 is 0 Å². The van der Waals surface area contributed by atoms with E-state index in [4.69, 9.17) is 4.74 Å². The molecule has 1 N–H and O–H groups in total. The van der Waals surface area contributed by atoms with E-state index in [2.05, 4.69) is 38.7 Å². The number of rotatable bonds is 41. The molecule has 0 heterocycles. The van der Waals surface area contributed by atoms with Crippen molar-refractivity contribution in [2.24, 2.45) is 34.5 Å². The molecule has 0 aromatic rings. The minimum atomic E-state index is 0.0100. The molecule has 0 saturated heterocycles. The zero-order chi connectivity index (χ0) is 48.0. The first-order valence-electron chi connectivity index (χ1n) is 30.4. The van der Waals surface area contributed by atoms with Gasteiger partial charge in [0.15, 0.2) is 0 Å². The lowest BCUT2D eigenvalue weighted by molar-refractivity contribution is -0.151. The van der Waals surface area contributed by atoms with Crippen molar-refractivity contribution in [2.75, 3.05) is 19.7 Å². The summed E-state index contributed by atoms with van der Waals surface area (Å²) in [4.78, 5) is 28.4. The van der Waals surface area contributed by atoms with Crippen LogP contribution in [0.2, 0.25) is 0 Å².